The van der Waals surface area contributed by atoms with Crippen LogP contribution in [0.5, 0.6) is 0 Å². The molecule has 0 aromatic carbocycles. The van der Waals surface area contributed by atoms with Crippen LogP contribution in [0.3, 0.4) is 0 Å². The molecule has 2 heteroatoms. The SMILES string of the molecule is CC(C)N(CC#CCN(C)C)C(C)C. The van der Waals surface area contributed by atoms with E-state index in [-0.39, 0.29) is 0 Å². The molecule has 0 unspecified atom stereocenters. The Hall–Kier alpha value is -0.520. The maximum atomic E-state index is 3.21. The zero-order valence-corrected chi connectivity index (χ0v) is 10.5. The first-order chi connectivity index (χ1) is 6.45. The average molecular weight is 196 g/mol. The van der Waals surface area contributed by atoms with Crippen molar-refractivity contribution >= 4 is 0 Å². The Morgan fingerprint density at radius 1 is 0.857 bits per heavy atom. The minimum Gasteiger partial charge on any atom is -0.299 e. The Bertz CT molecular complexity index is 188. The van der Waals surface area contributed by atoms with Crippen molar-refractivity contribution in [3.63, 3.8) is 0 Å². The summed E-state index contributed by atoms with van der Waals surface area (Å²) < 4.78 is 0. The summed E-state index contributed by atoms with van der Waals surface area (Å²) in [5, 5.41) is 0. The van der Waals surface area contributed by atoms with Crippen molar-refractivity contribution in [1.29, 1.82) is 0 Å². The highest BCUT2D eigenvalue weighted by molar-refractivity contribution is 5.03. The zero-order chi connectivity index (χ0) is 11.1. The molecule has 0 N–H and O–H groups in total. The molecule has 0 aliphatic carbocycles. The van der Waals surface area contributed by atoms with Crippen LogP contribution < -0.4 is 0 Å². The predicted molar refractivity (Wildman–Crippen MR) is 63.3 cm³/mol. The molecule has 0 atom stereocenters. The van der Waals surface area contributed by atoms with E-state index in [1.54, 1.807) is 0 Å². The number of hydrogen-bond donors (Lipinski definition) is 0. The average Bonchev–Trinajstić information content (AvgIpc) is 2.01. The van der Waals surface area contributed by atoms with Crippen LogP contribution in [0.15, 0.2) is 0 Å². The molecule has 0 amide bonds. The molecule has 0 saturated carbocycles. The first kappa shape index (κ1) is 13.5. The minimum absolute atomic E-state index is 0.573. The first-order valence-electron chi connectivity index (χ1n) is 5.31. The number of rotatable bonds is 4. The van der Waals surface area contributed by atoms with Crippen LogP contribution >= 0.6 is 0 Å². The van der Waals surface area contributed by atoms with E-state index in [0.717, 1.165) is 13.1 Å². The summed E-state index contributed by atoms with van der Waals surface area (Å²) in [7, 11) is 4.08. The van der Waals surface area contributed by atoms with Gasteiger partial charge in [0.1, 0.15) is 0 Å². The molecule has 0 bridgehead atoms. The summed E-state index contributed by atoms with van der Waals surface area (Å²) in [6, 6.07) is 1.15. The summed E-state index contributed by atoms with van der Waals surface area (Å²) in [6.07, 6.45) is 0. The second kappa shape index (κ2) is 6.86. The van der Waals surface area contributed by atoms with Crippen molar-refractivity contribution in [3.8, 4) is 11.8 Å². The van der Waals surface area contributed by atoms with Crippen LogP contribution in [0, 0.1) is 11.8 Å². The fourth-order valence-electron chi connectivity index (χ4n) is 1.32. The van der Waals surface area contributed by atoms with E-state index in [1.807, 2.05) is 14.1 Å². The molecule has 0 rings (SSSR count). The number of hydrogen-bond acceptors (Lipinski definition) is 2. The molecular weight excluding hydrogens is 172 g/mol. The molecule has 0 radical (unpaired) electrons. The van der Waals surface area contributed by atoms with Gasteiger partial charge in [0, 0.05) is 12.1 Å². The van der Waals surface area contributed by atoms with Crippen molar-refractivity contribution < 1.29 is 0 Å². The lowest BCUT2D eigenvalue weighted by atomic mass is 10.2. The maximum absolute atomic E-state index is 3.21. The van der Waals surface area contributed by atoms with E-state index in [4.69, 9.17) is 0 Å². The van der Waals surface area contributed by atoms with Crippen LogP contribution in [0.2, 0.25) is 0 Å². The van der Waals surface area contributed by atoms with Crippen LogP contribution in [0.1, 0.15) is 27.7 Å². The molecule has 0 aliphatic rings. The third-order valence-electron chi connectivity index (χ3n) is 2.11. The van der Waals surface area contributed by atoms with Crippen molar-refractivity contribution in [2.75, 3.05) is 27.2 Å². The Morgan fingerprint density at radius 2 is 1.29 bits per heavy atom. The van der Waals surface area contributed by atoms with E-state index < -0.39 is 0 Å². The van der Waals surface area contributed by atoms with E-state index >= 15 is 0 Å². The van der Waals surface area contributed by atoms with Gasteiger partial charge in [-0.05, 0) is 41.8 Å². The fraction of sp³-hybridized carbons (Fsp3) is 0.833. The van der Waals surface area contributed by atoms with Gasteiger partial charge < -0.3 is 0 Å². The van der Waals surface area contributed by atoms with Crippen molar-refractivity contribution in [3.05, 3.63) is 0 Å². The highest BCUT2D eigenvalue weighted by Crippen LogP contribution is 2.02. The van der Waals surface area contributed by atoms with Crippen molar-refractivity contribution in [2.45, 2.75) is 39.8 Å². The zero-order valence-electron chi connectivity index (χ0n) is 10.5. The molecule has 82 valence electrons. The van der Waals surface area contributed by atoms with Gasteiger partial charge in [0.05, 0.1) is 13.1 Å². The van der Waals surface area contributed by atoms with Crippen LogP contribution in [-0.4, -0.2) is 49.1 Å². The van der Waals surface area contributed by atoms with Gasteiger partial charge in [0.15, 0.2) is 0 Å². The molecule has 0 saturated heterocycles. The molecule has 14 heavy (non-hydrogen) atoms. The highest BCUT2D eigenvalue weighted by atomic mass is 15.2. The summed E-state index contributed by atoms with van der Waals surface area (Å²) in [5.74, 6) is 6.37. The summed E-state index contributed by atoms with van der Waals surface area (Å²) in [4.78, 5) is 4.48. The summed E-state index contributed by atoms with van der Waals surface area (Å²) in [6.45, 7) is 10.6. The third-order valence-corrected chi connectivity index (χ3v) is 2.11. The predicted octanol–water partition coefficient (Wildman–Crippen LogP) is 1.67. The second-order valence-corrected chi connectivity index (χ2v) is 4.45. The van der Waals surface area contributed by atoms with Crippen LogP contribution in [-0.2, 0) is 0 Å². The van der Waals surface area contributed by atoms with Gasteiger partial charge in [-0.25, -0.2) is 0 Å². The molecule has 0 heterocycles. The summed E-state index contributed by atoms with van der Waals surface area (Å²) in [5.41, 5.74) is 0. The smallest absolute Gasteiger partial charge is 0.0606 e. The Labute approximate surface area is 89.3 Å². The molecule has 0 spiro atoms. The Morgan fingerprint density at radius 3 is 1.64 bits per heavy atom. The Kier molecular flexibility index (Phi) is 6.61. The third kappa shape index (κ3) is 6.01. The molecule has 0 fully saturated rings. The van der Waals surface area contributed by atoms with Gasteiger partial charge in [-0.1, -0.05) is 11.8 Å². The van der Waals surface area contributed by atoms with Gasteiger partial charge in [-0.3, -0.25) is 9.80 Å². The molecule has 0 aromatic rings. The molecule has 0 aromatic heterocycles. The van der Waals surface area contributed by atoms with Gasteiger partial charge in [0.25, 0.3) is 0 Å². The second-order valence-electron chi connectivity index (χ2n) is 4.45. The lowest BCUT2D eigenvalue weighted by molar-refractivity contribution is 0.199. The van der Waals surface area contributed by atoms with Gasteiger partial charge in [-0.15, -0.1) is 0 Å². The first-order valence-corrected chi connectivity index (χ1v) is 5.31. The fourth-order valence-corrected chi connectivity index (χ4v) is 1.32. The monoisotopic (exact) mass is 196 g/mol. The minimum atomic E-state index is 0.573. The Balaban J connectivity index is 3.98. The molecule has 2 nitrogen and oxygen atoms in total. The lowest BCUT2D eigenvalue weighted by Crippen LogP contribution is -2.37. The van der Waals surface area contributed by atoms with Gasteiger partial charge >= 0.3 is 0 Å². The topological polar surface area (TPSA) is 6.48 Å². The van der Waals surface area contributed by atoms with Crippen LogP contribution in [0.25, 0.3) is 0 Å². The van der Waals surface area contributed by atoms with Crippen molar-refractivity contribution in [2.24, 2.45) is 0 Å². The quantitative estimate of drug-likeness (QED) is 0.631. The highest BCUT2D eigenvalue weighted by Gasteiger charge is 2.10. The largest absolute Gasteiger partial charge is 0.299 e. The van der Waals surface area contributed by atoms with Crippen LogP contribution in [0.4, 0.5) is 0 Å². The van der Waals surface area contributed by atoms with E-state index in [2.05, 4.69) is 49.3 Å². The van der Waals surface area contributed by atoms with Crippen molar-refractivity contribution in [1.82, 2.24) is 9.80 Å². The summed E-state index contributed by atoms with van der Waals surface area (Å²) >= 11 is 0. The van der Waals surface area contributed by atoms with E-state index in [1.165, 1.54) is 0 Å². The van der Waals surface area contributed by atoms with E-state index in [0.29, 0.717) is 12.1 Å². The number of nitrogens with zero attached hydrogens (tertiary/aromatic N) is 2. The normalized spacial score (nSPS) is 11.3. The maximum Gasteiger partial charge on any atom is 0.0606 e. The van der Waals surface area contributed by atoms with E-state index in [9.17, 15) is 0 Å². The van der Waals surface area contributed by atoms with Gasteiger partial charge in [-0.2, -0.15) is 0 Å². The molecule has 0 aliphatic heterocycles. The lowest BCUT2D eigenvalue weighted by Gasteiger charge is -2.28. The van der Waals surface area contributed by atoms with Gasteiger partial charge in [0.2, 0.25) is 0 Å². The molecular formula is C12H24N2. The standard InChI is InChI=1S/C12H24N2/c1-11(2)14(12(3)4)10-8-7-9-13(5)6/h11-12H,9-10H2,1-6H3.